The van der Waals surface area contributed by atoms with Gasteiger partial charge in [0.15, 0.2) is 0 Å². The molecule has 0 aromatic carbocycles. The third-order valence-corrected chi connectivity index (χ3v) is 4.94. The lowest BCUT2D eigenvalue weighted by molar-refractivity contribution is -0.148. The largest absolute Gasteiger partial charge is 0.463 e. The number of aliphatic hydroxyl groups excluding tert-OH is 3. The van der Waals surface area contributed by atoms with Crippen molar-refractivity contribution < 1.29 is 29.6 Å². The molecule has 0 rings (SSSR count). The predicted molar refractivity (Wildman–Crippen MR) is 134 cm³/mol. The molecular weight excluding hydrogens is 408 g/mol. The van der Waals surface area contributed by atoms with Gasteiger partial charge in [-0.1, -0.05) is 93.9 Å². The Kier molecular flexibility index (Phi) is 28.0. The van der Waals surface area contributed by atoms with Crippen LogP contribution in [-0.2, 0) is 14.3 Å². The molecule has 0 aromatic rings. The predicted octanol–water partition coefficient (Wildman–Crippen LogP) is 5.36. The first kappa shape index (κ1) is 35.9. The molecule has 0 aliphatic rings. The van der Waals surface area contributed by atoms with Gasteiger partial charge in [0.25, 0.3) is 0 Å². The van der Waals surface area contributed by atoms with E-state index >= 15 is 0 Å². The third-order valence-electron chi connectivity index (χ3n) is 4.94. The van der Waals surface area contributed by atoms with E-state index in [1.807, 2.05) is 41.5 Å². The summed E-state index contributed by atoms with van der Waals surface area (Å²) in [4.78, 5) is 11.0. The normalized spacial score (nSPS) is 12.0. The molecule has 6 nitrogen and oxygen atoms in total. The molecule has 0 spiro atoms. The maximum absolute atomic E-state index is 11.0. The van der Waals surface area contributed by atoms with Crippen molar-refractivity contribution in [1.82, 2.24) is 0 Å². The van der Waals surface area contributed by atoms with Crippen molar-refractivity contribution >= 4 is 5.97 Å². The highest BCUT2D eigenvalue weighted by Gasteiger charge is 2.28. The average molecular weight is 465 g/mol. The number of rotatable bonds is 16. The van der Waals surface area contributed by atoms with Gasteiger partial charge in [0.2, 0.25) is 0 Å². The van der Waals surface area contributed by atoms with Crippen LogP contribution in [0.3, 0.4) is 0 Å². The Labute approximate surface area is 199 Å². The van der Waals surface area contributed by atoms with Gasteiger partial charge in [0.1, 0.15) is 6.61 Å². The maximum atomic E-state index is 11.0. The van der Waals surface area contributed by atoms with Gasteiger partial charge in [-0.3, -0.25) is 4.79 Å². The van der Waals surface area contributed by atoms with Crippen LogP contribution in [-0.4, -0.2) is 60.4 Å². The summed E-state index contributed by atoms with van der Waals surface area (Å²) >= 11 is 0. The van der Waals surface area contributed by atoms with Gasteiger partial charge in [-0.25, -0.2) is 0 Å². The molecule has 196 valence electrons. The van der Waals surface area contributed by atoms with Crippen molar-refractivity contribution in [1.29, 1.82) is 0 Å². The van der Waals surface area contributed by atoms with Gasteiger partial charge in [0.05, 0.1) is 25.2 Å². The lowest BCUT2D eigenvalue weighted by atomic mass is 9.82. The minimum Gasteiger partial charge on any atom is -0.463 e. The van der Waals surface area contributed by atoms with Crippen LogP contribution in [0.4, 0.5) is 0 Å². The molecule has 0 saturated carbocycles. The number of esters is 1. The fourth-order valence-corrected chi connectivity index (χ4v) is 2.64. The van der Waals surface area contributed by atoms with Crippen molar-refractivity contribution in [3.63, 3.8) is 0 Å². The minimum absolute atomic E-state index is 0.0341. The minimum atomic E-state index is -0.419. The van der Waals surface area contributed by atoms with Gasteiger partial charge in [0, 0.05) is 18.6 Å². The van der Waals surface area contributed by atoms with E-state index in [1.165, 1.54) is 38.5 Å². The second-order valence-electron chi connectivity index (χ2n) is 9.62. The van der Waals surface area contributed by atoms with Crippen LogP contribution >= 0.6 is 0 Å². The maximum Gasteiger partial charge on any atom is 0.308 e. The highest BCUT2D eigenvalue weighted by atomic mass is 16.6. The molecule has 0 aromatic heterocycles. The fraction of sp³-hybridized carbons (Fsp3) is 0.962. The molecule has 0 bridgehead atoms. The summed E-state index contributed by atoms with van der Waals surface area (Å²) in [6.45, 7) is 17.7. The van der Waals surface area contributed by atoms with E-state index in [1.54, 1.807) is 0 Å². The van der Waals surface area contributed by atoms with Crippen LogP contribution in [0.15, 0.2) is 0 Å². The highest BCUT2D eigenvalue weighted by Crippen LogP contribution is 2.24. The van der Waals surface area contributed by atoms with Gasteiger partial charge >= 0.3 is 5.97 Å². The first-order valence-corrected chi connectivity index (χ1v) is 12.7. The summed E-state index contributed by atoms with van der Waals surface area (Å²) in [7, 11) is 0. The Morgan fingerprint density at radius 2 is 1.34 bits per heavy atom. The van der Waals surface area contributed by atoms with E-state index in [-0.39, 0.29) is 29.8 Å². The molecule has 0 heterocycles. The van der Waals surface area contributed by atoms with E-state index in [0.717, 1.165) is 19.4 Å². The van der Waals surface area contributed by atoms with Crippen LogP contribution < -0.4 is 0 Å². The fourth-order valence-electron chi connectivity index (χ4n) is 2.64. The Balaban J connectivity index is -0.000000427. The van der Waals surface area contributed by atoms with E-state index in [4.69, 9.17) is 19.7 Å². The Hall–Kier alpha value is -0.690. The summed E-state index contributed by atoms with van der Waals surface area (Å²) in [6, 6.07) is 0. The number of hydrogen-bond acceptors (Lipinski definition) is 6. The van der Waals surface area contributed by atoms with Crippen molar-refractivity contribution in [2.24, 2.45) is 17.3 Å². The molecule has 0 radical (unpaired) electrons. The zero-order valence-electron chi connectivity index (χ0n) is 22.5. The first-order valence-electron chi connectivity index (χ1n) is 12.7. The Morgan fingerprint density at radius 1 is 0.812 bits per heavy atom. The smallest absolute Gasteiger partial charge is 0.308 e. The molecule has 3 N–H and O–H groups in total. The monoisotopic (exact) mass is 464 g/mol. The number of carbonyl (C=O) groups is 1. The second kappa shape index (κ2) is 24.9. The lowest BCUT2D eigenvalue weighted by Gasteiger charge is -2.30. The standard InChI is InChI=1S/C12H24O3.C8H18O2.C6H14O/c1-4-5-6-7-8-14-9-10-15-12(13)11(2)3;1-6(2)7(10)8(3,4)5-9;1-2-3-4-5-6-7/h11H,4-10H2,1-3H3;6-7,9-10H,5H2,1-4H3;7H,2-6H2,1H3. The number of hydrogen-bond donors (Lipinski definition) is 3. The molecule has 1 atom stereocenters. The summed E-state index contributed by atoms with van der Waals surface area (Å²) in [5.74, 6) is 0.0151. The third kappa shape index (κ3) is 25.6. The Morgan fingerprint density at radius 3 is 1.72 bits per heavy atom. The summed E-state index contributed by atoms with van der Waals surface area (Å²) in [5, 5.41) is 26.6. The molecule has 0 amide bonds. The van der Waals surface area contributed by atoms with Gasteiger partial charge in [-0.15, -0.1) is 0 Å². The van der Waals surface area contributed by atoms with Gasteiger partial charge in [-0.2, -0.15) is 0 Å². The van der Waals surface area contributed by atoms with Crippen molar-refractivity contribution in [3.8, 4) is 0 Å². The number of ether oxygens (including phenoxy) is 2. The quantitative estimate of drug-likeness (QED) is 0.210. The lowest BCUT2D eigenvalue weighted by Crippen LogP contribution is -2.36. The SMILES string of the molecule is CC(C)C(O)C(C)(C)CO.CCCCCCO.CCCCCCOCCOC(=O)C(C)C. The molecule has 0 saturated heterocycles. The van der Waals surface area contributed by atoms with Gasteiger partial charge < -0.3 is 24.8 Å². The topological polar surface area (TPSA) is 96.2 Å². The zero-order valence-corrected chi connectivity index (χ0v) is 22.5. The van der Waals surface area contributed by atoms with Crippen LogP contribution in [0.1, 0.15) is 107 Å². The molecular formula is C26H56O6. The molecule has 1 unspecified atom stereocenters. The summed E-state index contributed by atoms with van der Waals surface area (Å²) < 4.78 is 10.3. The van der Waals surface area contributed by atoms with Crippen molar-refractivity contribution in [2.75, 3.05) is 33.0 Å². The molecule has 0 aliphatic heterocycles. The van der Waals surface area contributed by atoms with Crippen molar-refractivity contribution in [2.45, 2.75) is 113 Å². The number of carbonyl (C=O) groups excluding carboxylic acids is 1. The van der Waals surface area contributed by atoms with Crippen LogP contribution in [0.5, 0.6) is 0 Å². The molecule has 6 heteroatoms. The average Bonchev–Trinajstić information content (AvgIpc) is 2.76. The zero-order chi connectivity index (χ0) is 25.4. The molecule has 0 fully saturated rings. The van der Waals surface area contributed by atoms with E-state index in [2.05, 4.69) is 13.8 Å². The van der Waals surface area contributed by atoms with Crippen LogP contribution in [0.25, 0.3) is 0 Å². The van der Waals surface area contributed by atoms with E-state index in [9.17, 15) is 9.90 Å². The van der Waals surface area contributed by atoms with Crippen LogP contribution in [0.2, 0.25) is 0 Å². The number of aliphatic hydroxyl groups is 3. The highest BCUT2D eigenvalue weighted by molar-refractivity contribution is 5.71. The number of unbranched alkanes of at least 4 members (excludes halogenated alkanes) is 6. The van der Waals surface area contributed by atoms with Crippen LogP contribution in [0, 0.1) is 17.3 Å². The van der Waals surface area contributed by atoms with Gasteiger partial charge in [-0.05, 0) is 18.8 Å². The summed E-state index contributed by atoms with van der Waals surface area (Å²) in [5.41, 5.74) is -0.367. The van der Waals surface area contributed by atoms with E-state index in [0.29, 0.717) is 19.8 Å². The Bertz CT molecular complexity index is 379. The van der Waals surface area contributed by atoms with E-state index < -0.39 is 6.10 Å². The molecule has 0 aliphatic carbocycles. The first-order chi connectivity index (χ1) is 15.0. The molecule has 32 heavy (non-hydrogen) atoms. The van der Waals surface area contributed by atoms with Crippen molar-refractivity contribution in [3.05, 3.63) is 0 Å². The second-order valence-corrected chi connectivity index (χ2v) is 9.62. The summed E-state index contributed by atoms with van der Waals surface area (Å²) in [6.07, 6.45) is 9.10.